The lowest BCUT2D eigenvalue weighted by Gasteiger charge is -2.31. The molecule has 0 aromatic rings. The number of hydrogen-bond donors (Lipinski definition) is 0. The highest BCUT2D eigenvalue weighted by atomic mass is 15.1. The number of hydrogen-bond acceptors (Lipinski definition) is 1. The summed E-state index contributed by atoms with van der Waals surface area (Å²) in [6.45, 7) is 16.3. The van der Waals surface area contributed by atoms with Crippen molar-refractivity contribution in [1.82, 2.24) is 4.90 Å². The van der Waals surface area contributed by atoms with Crippen LogP contribution in [0.15, 0.2) is 0 Å². The second kappa shape index (κ2) is 5.16. The molecule has 14 heavy (non-hydrogen) atoms. The molecule has 0 bridgehead atoms. The average Bonchev–Trinajstić information content (AvgIpc) is 1.99. The van der Waals surface area contributed by atoms with Gasteiger partial charge in [0.25, 0.3) is 0 Å². The molecule has 0 rings (SSSR count). The molecule has 0 aliphatic heterocycles. The van der Waals surface area contributed by atoms with Crippen LogP contribution in [0.25, 0.3) is 0 Å². The molecule has 0 radical (unpaired) electrons. The van der Waals surface area contributed by atoms with Crippen molar-refractivity contribution in [2.45, 2.75) is 54.4 Å². The van der Waals surface area contributed by atoms with E-state index in [1.807, 2.05) is 0 Å². The zero-order valence-corrected chi connectivity index (χ0v) is 11.3. The Kier molecular flexibility index (Phi) is 5.14. The molecule has 0 amide bonds. The van der Waals surface area contributed by atoms with E-state index in [0.29, 0.717) is 10.8 Å². The van der Waals surface area contributed by atoms with Crippen LogP contribution >= 0.6 is 0 Å². The fourth-order valence-electron chi connectivity index (χ4n) is 1.45. The van der Waals surface area contributed by atoms with Crippen molar-refractivity contribution >= 4 is 0 Å². The molecule has 0 aromatic heterocycles. The number of nitrogens with zero attached hydrogens (tertiary/aromatic N) is 1. The zero-order valence-electron chi connectivity index (χ0n) is 11.3. The van der Waals surface area contributed by atoms with Crippen molar-refractivity contribution in [1.29, 1.82) is 0 Å². The predicted octanol–water partition coefficient (Wildman–Crippen LogP) is 3.79. The van der Waals surface area contributed by atoms with E-state index in [1.54, 1.807) is 0 Å². The summed E-state index contributed by atoms with van der Waals surface area (Å²) >= 11 is 0. The summed E-state index contributed by atoms with van der Waals surface area (Å²) in [5.74, 6) is 0. The van der Waals surface area contributed by atoms with Gasteiger partial charge in [0.15, 0.2) is 0 Å². The molecule has 0 aliphatic rings. The molecule has 0 aliphatic carbocycles. The van der Waals surface area contributed by atoms with Gasteiger partial charge in [-0.05, 0) is 37.3 Å². The Balaban J connectivity index is 3.82. The van der Waals surface area contributed by atoms with Gasteiger partial charge >= 0.3 is 0 Å². The second-order valence-electron chi connectivity index (χ2n) is 6.57. The molecule has 1 heteroatoms. The van der Waals surface area contributed by atoms with Gasteiger partial charge in [-0.2, -0.15) is 0 Å². The molecule has 0 atom stereocenters. The van der Waals surface area contributed by atoms with Gasteiger partial charge in [0.2, 0.25) is 0 Å². The van der Waals surface area contributed by atoms with Gasteiger partial charge in [0.1, 0.15) is 0 Å². The maximum absolute atomic E-state index is 2.47. The van der Waals surface area contributed by atoms with Crippen LogP contribution in [0.3, 0.4) is 0 Å². The Morgan fingerprint density at radius 2 is 1.50 bits per heavy atom. The first kappa shape index (κ1) is 14.0. The third-order valence-electron chi connectivity index (χ3n) is 2.90. The lowest BCUT2D eigenvalue weighted by Crippen LogP contribution is -2.33. The van der Waals surface area contributed by atoms with Crippen LogP contribution in [-0.4, -0.2) is 25.0 Å². The second-order valence-corrected chi connectivity index (χ2v) is 6.57. The van der Waals surface area contributed by atoms with Crippen LogP contribution in [-0.2, 0) is 0 Å². The van der Waals surface area contributed by atoms with Gasteiger partial charge in [-0.1, -0.05) is 41.5 Å². The minimum atomic E-state index is 0.463. The average molecular weight is 199 g/mol. The van der Waals surface area contributed by atoms with Crippen molar-refractivity contribution in [2.75, 3.05) is 20.1 Å². The SMILES string of the molecule is CCC(C)(C)CN(C)CCC(C)(C)C. The maximum atomic E-state index is 2.47. The quantitative estimate of drug-likeness (QED) is 0.651. The van der Waals surface area contributed by atoms with Crippen LogP contribution in [0.1, 0.15) is 54.4 Å². The van der Waals surface area contributed by atoms with Crippen molar-refractivity contribution in [3.8, 4) is 0 Å². The largest absolute Gasteiger partial charge is 0.306 e. The first-order valence-corrected chi connectivity index (χ1v) is 5.85. The molecule has 0 fully saturated rings. The van der Waals surface area contributed by atoms with Crippen LogP contribution in [0.2, 0.25) is 0 Å². The summed E-state index contributed by atoms with van der Waals surface area (Å²) in [6.07, 6.45) is 2.54. The standard InChI is InChI=1S/C13H29N/c1-8-13(5,6)11-14(7)10-9-12(2,3)4/h8-11H2,1-7H3. The Hall–Kier alpha value is -0.0400. The molecule has 86 valence electrons. The first-order chi connectivity index (χ1) is 6.16. The minimum Gasteiger partial charge on any atom is -0.306 e. The van der Waals surface area contributed by atoms with Gasteiger partial charge in [0.05, 0.1) is 0 Å². The minimum absolute atomic E-state index is 0.463. The zero-order chi connectivity index (χ0) is 11.4. The van der Waals surface area contributed by atoms with E-state index in [2.05, 4.69) is 53.5 Å². The van der Waals surface area contributed by atoms with Crippen LogP contribution in [0, 0.1) is 10.8 Å². The third kappa shape index (κ3) is 7.37. The molecule has 0 N–H and O–H groups in total. The Morgan fingerprint density at radius 3 is 1.86 bits per heavy atom. The molecular formula is C13H29N. The van der Waals surface area contributed by atoms with Gasteiger partial charge in [-0.15, -0.1) is 0 Å². The summed E-state index contributed by atoms with van der Waals surface area (Å²) < 4.78 is 0. The monoisotopic (exact) mass is 199 g/mol. The number of rotatable bonds is 5. The van der Waals surface area contributed by atoms with Gasteiger partial charge < -0.3 is 4.90 Å². The maximum Gasteiger partial charge on any atom is 0.00295 e. The van der Waals surface area contributed by atoms with E-state index < -0.39 is 0 Å². The van der Waals surface area contributed by atoms with E-state index in [9.17, 15) is 0 Å². The fourth-order valence-corrected chi connectivity index (χ4v) is 1.45. The Morgan fingerprint density at radius 1 is 1.00 bits per heavy atom. The molecule has 0 saturated carbocycles. The van der Waals surface area contributed by atoms with Crippen LogP contribution < -0.4 is 0 Å². The summed E-state index contributed by atoms with van der Waals surface area (Å²) in [4.78, 5) is 2.47. The molecule has 0 heterocycles. The highest BCUT2D eigenvalue weighted by Crippen LogP contribution is 2.23. The fraction of sp³-hybridized carbons (Fsp3) is 1.00. The van der Waals surface area contributed by atoms with Crippen LogP contribution in [0.4, 0.5) is 0 Å². The van der Waals surface area contributed by atoms with Gasteiger partial charge in [-0.25, -0.2) is 0 Å². The third-order valence-corrected chi connectivity index (χ3v) is 2.90. The molecule has 0 aromatic carbocycles. The van der Waals surface area contributed by atoms with E-state index in [-0.39, 0.29) is 0 Å². The summed E-state index contributed by atoms with van der Waals surface area (Å²) in [5.41, 5.74) is 0.928. The molecular weight excluding hydrogens is 170 g/mol. The summed E-state index contributed by atoms with van der Waals surface area (Å²) in [6, 6.07) is 0. The molecule has 0 saturated heterocycles. The first-order valence-electron chi connectivity index (χ1n) is 5.85. The highest BCUT2D eigenvalue weighted by molar-refractivity contribution is 4.72. The smallest absolute Gasteiger partial charge is 0.00295 e. The van der Waals surface area contributed by atoms with Crippen LogP contribution in [0.5, 0.6) is 0 Å². The van der Waals surface area contributed by atoms with Crippen molar-refractivity contribution in [3.05, 3.63) is 0 Å². The van der Waals surface area contributed by atoms with Crippen molar-refractivity contribution in [2.24, 2.45) is 10.8 Å². The van der Waals surface area contributed by atoms with Gasteiger partial charge in [-0.3, -0.25) is 0 Å². The molecule has 1 nitrogen and oxygen atoms in total. The lowest BCUT2D eigenvalue weighted by molar-refractivity contribution is 0.183. The van der Waals surface area contributed by atoms with E-state index >= 15 is 0 Å². The lowest BCUT2D eigenvalue weighted by atomic mass is 9.88. The topological polar surface area (TPSA) is 3.24 Å². The Bertz CT molecular complexity index is 153. The van der Waals surface area contributed by atoms with Crippen molar-refractivity contribution in [3.63, 3.8) is 0 Å². The summed E-state index contributed by atoms with van der Waals surface area (Å²) in [5, 5.41) is 0. The van der Waals surface area contributed by atoms with Crippen molar-refractivity contribution < 1.29 is 0 Å². The predicted molar refractivity (Wildman–Crippen MR) is 65.6 cm³/mol. The highest BCUT2D eigenvalue weighted by Gasteiger charge is 2.18. The Labute approximate surface area is 90.9 Å². The van der Waals surface area contributed by atoms with E-state index in [1.165, 1.54) is 25.9 Å². The molecule has 0 unspecified atom stereocenters. The van der Waals surface area contributed by atoms with E-state index in [4.69, 9.17) is 0 Å². The normalized spacial score (nSPS) is 13.7. The molecule has 0 spiro atoms. The van der Waals surface area contributed by atoms with Gasteiger partial charge in [0, 0.05) is 6.54 Å². The van der Waals surface area contributed by atoms with E-state index in [0.717, 1.165) is 0 Å². The summed E-state index contributed by atoms with van der Waals surface area (Å²) in [7, 11) is 2.24.